The van der Waals surface area contributed by atoms with Crippen LogP contribution in [0.25, 0.3) is 11.0 Å². The first-order valence-corrected chi connectivity index (χ1v) is 6.52. The molecule has 1 aromatic heterocycles. The minimum Gasteiger partial charge on any atom is -0.481 e. The average molecular weight is 277 g/mol. The van der Waals surface area contributed by atoms with Crippen molar-refractivity contribution in [3.8, 4) is 0 Å². The zero-order chi connectivity index (χ0) is 14.5. The number of carbonyl (C=O) groups is 1. The zero-order valence-corrected chi connectivity index (χ0v) is 11.4. The molecule has 3 rings (SSSR count). The van der Waals surface area contributed by atoms with E-state index in [4.69, 9.17) is 0 Å². The molecule has 2 heterocycles. The number of nitrogens with zero attached hydrogens (tertiary/aromatic N) is 3. The summed E-state index contributed by atoms with van der Waals surface area (Å²) >= 11 is 0. The standard InChI is InChI=1S/C14H16FN3O2/c1-14(12(19)20)6-7-18(8-14)13-16-11-9(15)4-3-5-10(11)17(13)2/h3-5H,6-8H2,1-2H3,(H,19,20). The van der Waals surface area contributed by atoms with Gasteiger partial charge in [0.1, 0.15) is 5.52 Å². The van der Waals surface area contributed by atoms with Gasteiger partial charge in [0.15, 0.2) is 5.82 Å². The predicted molar refractivity (Wildman–Crippen MR) is 73.2 cm³/mol. The maximum Gasteiger partial charge on any atom is 0.311 e. The quantitative estimate of drug-likeness (QED) is 0.912. The van der Waals surface area contributed by atoms with E-state index in [1.165, 1.54) is 6.07 Å². The number of aromatic nitrogens is 2. The molecule has 1 aliphatic rings. The van der Waals surface area contributed by atoms with Crippen molar-refractivity contribution in [1.82, 2.24) is 9.55 Å². The van der Waals surface area contributed by atoms with Crippen molar-refractivity contribution >= 4 is 23.0 Å². The van der Waals surface area contributed by atoms with E-state index in [1.54, 1.807) is 19.1 Å². The molecule has 0 amide bonds. The lowest BCUT2D eigenvalue weighted by Crippen LogP contribution is -2.32. The molecule has 20 heavy (non-hydrogen) atoms. The summed E-state index contributed by atoms with van der Waals surface area (Å²) in [7, 11) is 1.82. The van der Waals surface area contributed by atoms with Gasteiger partial charge >= 0.3 is 5.97 Å². The number of fused-ring (bicyclic) bond motifs is 1. The van der Waals surface area contributed by atoms with Crippen LogP contribution in [0.4, 0.5) is 10.3 Å². The summed E-state index contributed by atoms with van der Waals surface area (Å²) < 4.78 is 15.6. The van der Waals surface area contributed by atoms with Crippen molar-refractivity contribution in [2.24, 2.45) is 12.5 Å². The van der Waals surface area contributed by atoms with Crippen molar-refractivity contribution in [2.75, 3.05) is 18.0 Å². The van der Waals surface area contributed by atoms with E-state index in [0.29, 0.717) is 36.5 Å². The van der Waals surface area contributed by atoms with Crippen LogP contribution in [0.2, 0.25) is 0 Å². The van der Waals surface area contributed by atoms with Gasteiger partial charge in [-0.1, -0.05) is 6.07 Å². The highest BCUT2D eigenvalue weighted by atomic mass is 19.1. The number of aliphatic carboxylic acids is 1. The fourth-order valence-corrected chi connectivity index (χ4v) is 2.76. The molecule has 6 heteroatoms. The van der Waals surface area contributed by atoms with Gasteiger partial charge in [-0.2, -0.15) is 0 Å². The van der Waals surface area contributed by atoms with Gasteiger partial charge in [-0.05, 0) is 25.5 Å². The van der Waals surface area contributed by atoms with Crippen LogP contribution in [-0.2, 0) is 11.8 Å². The Hall–Kier alpha value is -2.11. The Labute approximate surface area is 115 Å². The van der Waals surface area contributed by atoms with Crippen molar-refractivity contribution in [3.63, 3.8) is 0 Å². The topological polar surface area (TPSA) is 58.4 Å². The van der Waals surface area contributed by atoms with E-state index >= 15 is 0 Å². The number of hydrogen-bond acceptors (Lipinski definition) is 3. The molecule has 1 N–H and O–H groups in total. The van der Waals surface area contributed by atoms with E-state index in [-0.39, 0.29) is 5.82 Å². The summed E-state index contributed by atoms with van der Waals surface area (Å²) in [6.07, 6.45) is 0.564. The largest absolute Gasteiger partial charge is 0.481 e. The van der Waals surface area contributed by atoms with Gasteiger partial charge in [0.25, 0.3) is 0 Å². The van der Waals surface area contributed by atoms with Gasteiger partial charge in [0.05, 0.1) is 10.9 Å². The van der Waals surface area contributed by atoms with Crippen LogP contribution in [0.1, 0.15) is 13.3 Å². The smallest absolute Gasteiger partial charge is 0.311 e. The molecule has 1 atom stereocenters. The van der Waals surface area contributed by atoms with Crippen LogP contribution in [0.3, 0.4) is 0 Å². The van der Waals surface area contributed by atoms with Crippen molar-refractivity contribution in [3.05, 3.63) is 24.0 Å². The third kappa shape index (κ3) is 1.75. The first-order chi connectivity index (χ1) is 9.42. The lowest BCUT2D eigenvalue weighted by atomic mass is 9.90. The normalized spacial score (nSPS) is 22.6. The van der Waals surface area contributed by atoms with E-state index in [2.05, 4.69) is 4.98 Å². The summed E-state index contributed by atoms with van der Waals surface area (Å²) in [5.41, 5.74) is 0.272. The minimum atomic E-state index is -0.801. The molecular formula is C14H16FN3O2. The lowest BCUT2D eigenvalue weighted by Gasteiger charge is -2.20. The van der Waals surface area contributed by atoms with Gasteiger partial charge < -0.3 is 14.6 Å². The molecule has 1 aliphatic heterocycles. The predicted octanol–water partition coefficient (Wildman–Crippen LogP) is 2.01. The number of carboxylic acid groups (broad SMARTS) is 1. The molecule has 0 aliphatic carbocycles. The SMILES string of the molecule is Cn1c(N2CCC(C)(C(=O)O)C2)nc2c(F)cccc21. The number of aryl methyl sites for hydroxylation is 1. The first kappa shape index (κ1) is 12.9. The van der Waals surface area contributed by atoms with Crippen LogP contribution >= 0.6 is 0 Å². The first-order valence-electron chi connectivity index (χ1n) is 6.52. The van der Waals surface area contributed by atoms with Gasteiger partial charge in [-0.3, -0.25) is 4.79 Å². The highest BCUT2D eigenvalue weighted by Crippen LogP contribution is 2.34. The second kappa shape index (κ2) is 4.19. The molecule has 0 saturated carbocycles. The molecule has 2 aromatic rings. The van der Waals surface area contributed by atoms with Crippen LogP contribution in [0.5, 0.6) is 0 Å². The Morgan fingerprint density at radius 1 is 1.50 bits per heavy atom. The lowest BCUT2D eigenvalue weighted by molar-refractivity contribution is -0.146. The number of hydrogen-bond donors (Lipinski definition) is 1. The highest BCUT2D eigenvalue weighted by molar-refractivity contribution is 5.80. The molecule has 1 unspecified atom stereocenters. The van der Waals surface area contributed by atoms with Crippen LogP contribution in [0.15, 0.2) is 18.2 Å². The van der Waals surface area contributed by atoms with Gasteiger partial charge in [-0.15, -0.1) is 0 Å². The van der Waals surface area contributed by atoms with Crippen molar-refractivity contribution in [1.29, 1.82) is 0 Å². The molecule has 106 valence electrons. The molecular weight excluding hydrogens is 261 g/mol. The summed E-state index contributed by atoms with van der Waals surface area (Å²) in [6.45, 7) is 2.74. The monoisotopic (exact) mass is 277 g/mol. The van der Waals surface area contributed by atoms with E-state index in [0.717, 1.165) is 0 Å². The molecule has 0 bridgehead atoms. The highest BCUT2D eigenvalue weighted by Gasteiger charge is 2.41. The van der Waals surface area contributed by atoms with Crippen molar-refractivity contribution in [2.45, 2.75) is 13.3 Å². The maximum atomic E-state index is 13.8. The third-order valence-electron chi connectivity index (χ3n) is 4.11. The zero-order valence-electron chi connectivity index (χ0n) is 11.4. The minimum absolute atomic E-state index is 0.328. The molecule has 5 nitrogen and oxygen atoms in total. The maximum absolute atomic E-state index is 13.8. The number of imidazole rings is 1. The summed E-state index contributed by atoms with van der Waals surface area (Å²) in [6, 6.07) is 4.83. The Balaban J connectivity index is 2.02. The van der Waals surface area contributed by atoms with Crippen LogP contribution in [-0.4, -0.2) is 33.7 Å². The summed E-state index contributed by atoms with van der Waals surface area (Å²) in [5.74, 6) is -0.537. The number of halogens is 1. The van der Waals surface area contributed by atoms with E-state index in [9.17, 15) is 14.3 Å². The average Bonchev–Trinajstić information content (AvgIpc) is 2.94. The number of anilines is 1. The molecule has 0 radical (unpaired) electrons. The molecule has 1 aromatic carbocycles. The Morgan fingerprint density at radius 2 is 2.25 bits per heavy atom. The Kier molecular flexibility index (Phi) is 2.70. The molecule has 0 spiro atoms. The van der Waals surface area contributed by atoms with Gasteiger partial charge in [-0.25, -0.2) is 9.37 Å². The van der Waals surface area contributed by atoms with E-state index < -0.39 is 11.4 Å². The Bertz CT molecular complexity index is 697. The van der Waals surface area contributed by atoms with Gasteiger partial charge in [0, 0.05) is 20.1 Å². The van der Waals surface area contributed by atoms with E-state index in [1.807, 2.05) is 16.5 Å². The van der Waals surface area contributed by atoms with Crippen molar-refractivity contribution < 1.29 is 14.3 Å². The van der Waals surface area contributed by atoms with Crippen LogP contribution in [0, 0.1) is 11.2 Å². The third-order valence-corrected chi connectivity index (χ3v) is 4.11. The fourth-order valence-electron chi connectivity index (χ4n) is 2.76. The number of para-hydroxylation sites is 1. The second-order valence-electron chi connectivity index (χ2n) is 5.62. The summed E-state index contributed by atoms with van der Waals surface area (Å²) in [5, 5.41) is 9.28. The summed E-state index contributed by atoms with van der Waals surface area (Å²) in [4.78, 5) is 17.5. The number of carboxylic acids is 1. The molecule has 1 fully saturated rings. The second-order valence-corrected chi connectivity index (χ2v) is 5.62. The number of rotatable bonds is 2. The van der Waals surface area contributed by atoms with Crippen LogP contribution < -0.4 is 4.90 Å². The Morgan fingerprint density at radius 3 is 2.85 bits per heavy atom. The van der Waals surface area contributed by atoms with Gasteiger partial charge in [0.2, 0.25) is 5.95 Å². The number of benzene rings is 1. The molecule has 1 saturated heterocycles. The fraction of sp³-hybridized carbons (Fsp3) is 0.429.